The minimum atomic E-state index is -3.07. The first kappa shape index (κ1) is 14.7. The fourth-order valence-corrected chi connectivity index (χ4v) is 2.01. The molecule has 0 unspecified atom stereocenters. The molecule has 100 valence electrons. The first-order valence-corrected chi connectivity index (χ1v) is 7.42. The van der Waals surface area contributed by atoms with Gasteiger partial charge in [0.2, 0.25) is 0 Å². The Morgan fingerprint density at radius 3 is 2.67 bits per heavy atom. The lowest BCUT2D eigenvalue weighted by molar-refractivity contribution is 0.0697. The normalized spacial score (nSPS) is 11.3. The average molecular weight is 293 g/mol. The fourth-order valence-electron chi connectivity index (χ4n) is 1.22. The summed E-state index contributed by atoms with van der Waals surface area (Å²) in [6, 6.07) is 1.31. The van der Waals surface area contributed by atoms with Crippen LogP contribution in [0.4, 0.5) is 5.82 Å². The van der Waals surface area contributed by atoms with E-state index in [2.05, 4.69) is 4.98 Å². The van der Waals surface area contributed by atoms with Crippen LogP contribution < -0.4 is 4.90 Å². The van der Waals surface area contributed by atoms with Gasteiger partial charge in [-0.25, -0.2) is 18.2 Å². The van der Waals surface area contributed by atoms with Crippen molar-refractivity contribution in [2.45, 2.75) is 0 Å². The van der Waals surface area contributed by atoms with Crippen molar-refractivity contribution in [1.29, 1.82) is 0 Å². The third-order valence-corrected chi connectivity index (χ3v) is 3.49. The van der Waals surface area contributed by atoms with Gasteiger partial charge in [-0.2, -0.15) is 0 Å². The van der Waals surface area contributed by atoms with Crippen molar-refractivity contribution < 1.29 is 18.3 Å². The van der Waals surface area contributed by atoms with Crippen molar-refractivity contribution in [3.8, 4) is 0 Å². The molecule has 6 nitrogen and oxygen atoms in total. The lowest BCUT2D eigenvalue weighted by atomic mass is 10.2. The van der Waals surface area contributed by atoms with E-state index in [1.165, 1.54) is 12.3 Å². The number of aromatic nitrogens is 1. The summed E-state index contributed by atoms with van der Waals surface area (Å²) in [5.41, 5.74) is -0.0622. The molecule has 0 bridgehead atoms. The van der Waals surface area contributed by atoms with Crippen LogP contribution in [0.2, 0.25) is 5.02 Å². The Kier molecular flexibility index (Phi) is 4.53. The predicted molar refractivity (Wildman–Crippen MR) is 69.2 cm³/mol. The molecule has 0 radical (unpaired) electrons. The van der Waals surface area contributed by atoms with Crippen molar-refractivity contribution in [1.82, 2.24) is 4.98 Å². The Hall–Kier alpha value is -1.34. The smallest absolute Gasteiger partial charge is 0.337 e. The van der Waals surface area contributed by atoms with Gasteiger partial charge in [0.1, 0.15) is 15.7 Å². The summed E-state index contributed by atoms with van der Waals surface area (Å²) >= 11 is 5.69. The van der Waals surface area contributed by atoms with Crippen LogP contribution in [0.5, 0.6) is 0 Å². The van der Waals surface area contributed by atoms with Crippen LogP contribution in [0.3, 0.4) is 0 Å². The summed E-state index contributed by atoms with van der Waals surface area (Å²) in [6.07, 6.45) is 2.37. The highest BCUT2D eigenvalue weighted by Gasteiger charge is 2.13. The first-order chi connectivity index (χ1) is 8.20. The van der Waals surface area contributed by atoms with Gasteiger partial charge in [0, 0.05) is 26.0 Å². The van der Waals surface area contributed by atoms with Gasteiger partial charge in [-0.15, -0.1) is 0 Å². The number of anilines is 1. The van der Waals surface area contributed by atoms with Gasteiger partial charge in [0.25, 0.3) is 0 Å². The highest BCUT2D eigenvalue weighted by atomic mass is 35.5. The lowest BCUT2D eigenvalue weighted by Gasteiger charge is -2.18. The molecule has 0 aliphatic heterocycles. The van der Waals surface area contributed by atoms with Crippen LogP contribution in [0.25, 0.3) is 0 Å². The quantitative estimate of drug-likeness (QED) is 0.868. The van der Waals surface area contributed by atoms with E-state index >= 15 is 0 Å². The second-order valence-electron chi connectivity index (χ2n) is 3.88. The first-order valence-electron chi connectivity index (χ1n) is 4.98. The molecule has 0 aromatic carbocycles. The number of carbonyl (C=O) groups is 1. The van der Waals surface area contributed by atoms with Gasteiger partial charge >= 0.3 is 5.97 Å². The third-order valence-electron chi connectivity index (χ3n) is 2.26. The molecule has 1 aromatic rings. The molecule has 0 aliphatic rings. The van der Waals surface area contributed by atoms with E-state index < -0.39 is 15.8 Å². The van der Waals surface area contributed by atoms with Crippen molar-refractivity contribution >= 4 is 33.2 Å². The molecule has 0 spiro atoms. The van der Waals surface area contributed by atoms with Gasteiger partial charge in [0.05, 0.1) is 16.3 Å². The highest BCUT2D eigenvalue weighted by molar-refractivity contribution is 7.90. The van der Waals surface area contributed by atoms with Crippen LogP contribution in [-0.2, 0) is 9.84 Å². The number of hydrogen-bond acceptors (Lipinski definition) is 5. The van der Waals surface area contributed by atoms with Crippen molar-refractivity contribution in [3.05, 3.63) is 22.8 Å². The van der Waals surface area contributed by atoms with Gasteiger partial charge in [-0.3, -0.25) is 0 Å². The summed E-state index contributed by atoms with van der Waals surface area (Å²) in [4.78, 5) is 16.4. The van der Waals surface area contributed by atoms with E-state index in [0.717, 1.165) is 6.26 Å². The molecule has 0 saturated carbocycles. The summed E-state index contributed by atoms with van der Waals surface area (Å²) in [6.45, 7) is 0.229. The SMILES string of the molecule is CN(CCS(C)(=O)=O)c1cc(C(=O)O)c(Cl)cn1. The molecular formula is C10H13ClN2O4S. The molecule has 0 fully saturated rings. The number of pyridine rings is 1. The van der Waals surface area contributed by atoms with Crippen LogP contribution in [0, 0.1) is 0 Å². The molecule has 1 aromatic heterocycles. The van der Waals surface area contributed by atoms with E-state index in [-0.39, 0.29) is 22.9 Å². The molecule has 1 heterocycles. The predicted octanol–water partition coefficient (Wildman–Crippen LogP) is 0.914. The number of hydrogen-bond donors (Lipinski definition) is 1. The van der Waals surface area contributed by atoms with E-state index in [9.17, 15) is 13.2 Å². The number of aromatic carboxylic acids is 1. The monoisotopic (exact) mass is 292 g/mol. The second-order valence-corrected chi connectivity index (χ2v) is 6.55. The van der Waals surface area contributed by atoms with Gasteiger partial charge in [0.15, 0.2) is 0 Å². The van der Waals surface area contributed by atoms with Crippen LogP contribution in [-0.4, -0.2) is 50.1 Å². The Morgan fingerprint density at radius 2 is 2.17 bits per heavy atom. The number of carboxylic acid groups (broad SMARTS) is 1. The Morgan fingerprint density at radius 1 is 1.56 bits per heavy atom. The largest absolute Gasteiger partial charge is 0.478 e. The number of halogens is 1. The fraction of sp³-hybridized carbons (Fsp3) is 0.400. The minimum absolute atomic E-state index is 0.0315. The Balaban J connectivity index is 2.90. The van der Waals surface area contributed by atoms with Crippen LogP contribution in [0.15, 0.2) is 12.3 Å². The zero-order valence-corrected chi connectivity index (χ0v) is 11.5. The maximum Gasteiger partial charge on any atom is 0.337 e. The summed E-state index contributed by atoms with van der Waals surface area (Å²) in [5, 5.41) is 8.95. The molecule has 0 aliphatic carbocycles. The molecule has 1 N–H and O–H groups in total. The maximum atomic E-state index is 11.0. The molecule has 0 amide bonds. The second kappa shape index (κ2) is 5.53. The van der Waals surface area contributed by atoms with Crippen molar-refractivity contribution in [2.75, 3.05) is 30.5 Å². The van der Waals surface area contributed by atoms with Crippen molar-refractivity contribution in [2.24, 2.45) is 0 Å². The lowest BCUT2D eigenvalue weighted by Crippen LogP contribution is -2.25. The molecule has 8 heteroatoms. The van der Waals surface area contributed by atoms with E-state index in [1.807, 2.05) is 0 Å². The van der Waals surface area contributed by atoms with E-state index in [4.69, 9.17) is 16.7 Å². The highest BCUT2D eigenvalue weighted by Crippen LogP contribution is 2.19. The van der Waals surface area contributed by atoms with Gasteiger partial charge in [-0.05, 0) is 6.07 Å². The Bertz CT molecular complexity index is 559. The molecule has 0 saturated heterocycles. The standard InChI is InChI=1S/C10H13ClN2O4S/c1-13(3-4-18(2,16)17)9-5-7(10(14)15)8(11)6-12-9/h5-6H,3-4H2,1-2H3,(H,14,15). The summed E-state index contributed by atoms with van der Waals surface area (Å²) in [7, 11) is -1.44. The average Bonchev–Trinajstić information content (AvgIpc) is 2.25. The minimum Gasteiger partial charge on any atom is -0.478 e. The zero-order chi connectivity index (χ0) is 13.9. The third kappa shape index (κ3) is 4.15. The molecule has 1 rings (SSSR count). The van der Waals surface area contributed by atoms with Crippen molar-refractivity contribution in [3.63, 3.8) is 0 Å². The van der Waals surface area contributed by atoms with E-state index in [1.54, 1.807) is 11.9 Å². The molecular weight excluding hydrogens is 280 g/mol. The molecule has 18 heavy (non-hydrogen) atoms. The number of carboxylic acids is 1. The number of sulfone groups is 1. The Labute approximate surface area is 110 Å². The van der Waals surface area contributed by atoms with Crippen LogP contribution >= 0.6 is 11.6 Å². The van der Waals surface area contributed by atoms with Gasteiger partial charge < -0.3 is 10.0 Å². The van der Waals surface area contributed by atoms with E-state index in [0.29, 0.717) is 5.82 Å². The summed E-state index contributed by atoms with van der Waals surface area (Å²) < 4.78 is 22.1. The zero-order valence-electron chi connectivity index (χ0n) is 9.92. The number of nitrogens with zero attached hydrogens (tertiary/aromatic N) is 2. The van der Waals surface area contributed by atoms with Crippen LogP contribution in [0.1, 0.15) is 10.4 Å². The topological polar surface area (TPSA) is 87.6 Å². The molecule has 0 atom stereocenters. The maximum absolute atomic E-state index is 11.0. The summed E-state index contributed by atoms with van der Waals surface area (Å²) in [5.74, 6) is -0.823. The number of rotatable bonds is 5. The van der Waals surface area contributed by atoms with Gasteiger partial charge in [-0.1, -0.05) is 11.6 Å².